The van der Waals surface area contributed by atoms with E-state index in [-0.39, 0.29) is 17.4 Å². The van der Waals surface area contributed by atoms with Crippen LogP contribution in [0.2, 0.25) is 0 Å². The van der Waals surface area contributed by atoms with Gasteiger partial charge in [0.05, 0.1) is 20.3 Å². The summed E-state index contributed by atoms with van der Waals surface area (Å²) in [5.74, 6) is 2.93. The number of amides is 1. The van der Waals surface area contributed by atoms with Crippen molar-refractivity contribution in [3.05, 3.63) is 52.6 Å². The molecule has 1 aromatic rings. The van der Waals surface area contributed by atoms with Crippen LogP contribution in [0.3, 0.4) is 0 Å². The van der Waals surface area contributed by atoms with Crippen LogP contribution in [0.5, 0.6) is 5.75 Å². The number of nitrogens with one attached hydrogen (secondary N) is 1. The smallest absolute Gasteiger partial charge is 0.333 e. The Morgan fingerprint density at radius 1 is 1.07 bits per heavy atom. The van der Waals surface area contributed by atoms with Crippen LogP contribution >= 0.6 is 0 Å². The first kappa shape index (κ1) is 32.8. The maximum Gasteiger partial charge on any atom is 0.333 e. The van der Waals surface area contributed by atoms with Crippen LogP contribution in [0, 0.1) is 40.4 Å². The Kier molecular flexibility index (Phi) is 9.70. The van der Waals surface area contributed by atoms with Crippen LogP contribution in [0.15, 0.2) is 47.1 Å². The van der Waals surface area contributed by atoms with Gasteiger partial charge in [-0.15, -0.1) is 0 Å². The minimum Gasteiger partial charge on any atom is -0.497 e. The lowest BCUT2D eigenvalue weighted by atomic mass is 9.47. The van der Waals surface area contributed by atoms with Gasteiger partial charge in [-0.2, -0.15) is 0 Å². The van der Waals surface area contributed by atoms with Crippen molar-refractivity contribution in [2.45, 2.75) is 111 Å². The van der Waals surface area contributed by atoms with Crippen LogP contribution in [0.4, 0.5) is 0 Å². The molecule has 0 aliphatic heterocycles. The highest BCUT2D eigenvalue weighted by Crippen LogP contribution is 2.66. The molecule has 0 saturated heterocycles. The van der Waals surface area contributed by atoms with E-state index in [1.807, 2.05) is 13.0 Å². The van der Waals surface area contributed by atoms with E-state index < -0.39 is 12.0 Å². The van der Waals surface area contributed by atoms with Crippen LogP contribution in [-0.2, 0) is 14.3 Å². The van der Waals surface area contributed by atoms with E-state index in [1.165, 1.54) is 52.1 Å². The first-order valence-corrected chi connectivity index (χ1v) is 17.0. The summed E-state index contributed by atoms with van der Waals surface area (Å²) in [7, 11) is 2.92. The second-order valence-corrected chi connectivity index (χ2v) is 14.9. The fraction of sp³-hybridized carbons (Fsp3) is 0.684. The Balaban J connectivity index is 1.22. The number of hydrogen-bond acceptors (Lipinski definition) is 5. The zero-order valence-corrected chi connectivity index (χ0v) is 28.1. The molecule has 0 bridgehead atoms. The van der Waals surface area contributed by atoms with Crippen molar-refractivity contribution in [3.63, 3.8) is 0 Å². The van der Waals surface area contributed by atoms with E-state index in [1.54, 1.807) is 42.5 Å². The van der Waals surface area contributed by atoms with Crippen molar-refractivity contribution in [1.29, 1.82) is 0 Å². The molecule has 3 saturated carbocycles. The second-order valence-electron chi connectivity index (χ2n) is 14.9. The second kappa shape index (κ2) is 13.0. The highest BCUT2D eigenvalue weighted by molar-refractivity contribution is 5.95. The van der Waals surface area contributed by atoms with Gasteiger partial charge in [0.1, 0.15) is 5.75 Å². The Hall–Kier alpha value is -2.60. The minimum atomic E-state index is -0.875. The van der Waals surface area contributed by atoms with E-state index in [4.69, 9.17) is 9.47 Å². The average molecular weight is 606 g/mol. The number of carbonyl (C=O) groups excluding carboxylic acids is 2. The Morgan fingerprint density at radius 2 is 1.80 bits per heavy atom. The molecule has 9 atom stereocenters. The molecule has 1 unspecified atom stereocenters. The quantitative estimate of drug-likeness (QED) is 0.171. The third kappa shape index (κ3) is 5.88. The topological polar surface area (TPSA) is 84.9 Å². The highest BCUT2D eigenvalue weighted by atomic mass is 16.5. The third-order valence-electron chi connectivity index (χ3n) is 12.8. The molecule has 44 heavy (non-hydrogen) atoms. The number of rotatable bonds is 9. The zero-order valence-electron chi connectivity index (χ0n) is 28.1. The lowest BCUT2D eigenvalue weighted by Crippen LogP contribution is -2.51. The summed E-state index contributed by atoms with van der Waals surface area (Å²) < 4.78 is 10.2. The number of carbonyl (C=O) groups is 2. The molecule has 3 fully saturated rings. The Morgan fingerprint density at radius 3 is 2.48 bits per heavy atom. The van der Waals surface area contributed by atoms with E-state index in [2.05, 4.69) is 33.0 Å². The molecule has 2 N–H and O–H groups in total. The number of esters is 1. The van der Waals surface area contributed by atoms with Crippen molar-refractivity contribution in [1.82, 2.24) is 5.32 Å². The van der Waals surface area contributed by atoms with Crippen LogP contribution in [-0.4, -0.2) is 37.3 Å². The summed E-state index contributed by atoms with van der Waals surface area (Å²) in [6.45, 7) is 11.6. The predicted molar refractivity (Wildman–Crippen MR) is 174 cm³/mol. The van der Waals surface area contributed by atoms with Gasteiger partial charge in [-0.25, -0.2) is 4.79 Å². The van der Waals surface area contributed by atoms with Gasteiger partial charge in [-0.05, 0) is 129 Å². The number of aliphatic hydroxyl groups excluding tert-OH is 1. The molecule has 6 heteroatoms. The molecular formula is C38H55NO5. The standard InChI is InChI=1S/C38H55NO5/c1-23(9-8-10-24(2)35(41)39-34(36(42)44-7)26-11-13-27(43-6)14-12-26)29-17-18-31-28-15-16-30-25(3)33(40)20-22-38(30,5)32(28)19-21-37(29,31)4/h10-14,23,25,29-30,32-34,40H,8-9,15-22H2,1-7H3,(H,39,41)/b24-10+/t23-,25+,29-,30?,32+,33+,34+,37-,38+/m1/s1. The lowest BCUT2D eigenvalue weighted by Gasteiger charge is -2.58. The molecule has 0 aromatic heterocycles. The zero-order chi connectivity index (χ0) is 31.8. The van der Waals surface area contributed by atoms with Crippen LogP contribution < -0.4 is 10.1 Å². The molecule has 0 heterocycles. The number of allylic oxidation sites excluding steroid dienone is 3. The van der Waals surface area contributed by atoms with Gasteiger partial charge in [0.25, 0.3) is 0 Å². The van der Waals surface area contributed by atoms with Gasteiger partial charge in [-0.3, -0.25) is 4.79 Å². The van der Waals surface area contributed by atoms with Gasteiger partial charge in [0.15, 0.2) is 6.04 Å². The molecule has 5 rings (SSSR count). The summed E-state index contributed by atoms with van der Waals surface area (Å²) >= 11 is 0. The minimum absolute atomic E-state index is 0.126. The molecule has 4 aliphatic carbocycles. The number of fused-ring (bicyclic) bond motifs is 4. The molecule has 0 spiro atoms. The van der Waals surface area contributed by atoms with E-state index in [0.29, 0.717) is 51.9 Å². The van der Waals surface area contributed by atoms with Crippen molar-refractivity contribution in [2.75, 3.05) is 14.2 Å². The summed E-state index contributed by atoms with van der Waals surface area (Å²) in [5.41, 5.74) is 5.50. The number of ether oxygens (including phenoxy) is 2. The van der Waals surface area contributed by atoms with E-state index >= 15 is 0 Å². The van der Waals surface area contributed by atoms with Crippen molar-refractivity contribution in [2.24, 2.45) is 40.4 Å². The number of aliphatic hydroxyl groups is 1. The molecule has 242 valence electrons. The van der Waals surface area contributed by atoms with Gasteiger partial charge >= 0.3 is 5.97 Å². The van der Waals surface area contributed by atoms with Crippen molar-refractivity contribution in [3.8, 4) is 5.75 Å². The first-order valence-electron chi connectivity index (χ1n) is 17.0. The molecule has 6 nitrogen and oxygen atoms in total. The van der Waals surface area contributed by atoms with Gasteiger partial charge in [-0.1, -0.05) is 57.0 Å². The molecule has 0 radical (unpaired) electrons. The fourth-order valence-corrected chi connectivity index (χ4v) is 10.2. The maximum absolute atomic E-state index is 13.1. The first-order chi connectivity index (χ1) is 20.9. The molecule has 4 aliphatic rings. The summed E-state index contributed by atoms with van der Waals surface area (Å²) in [6, 6.07) is 6.21. The van der Waals surface area contributed by atoms with E-state index in [0.717, 1.165) is 19.3 Å². The predicted octanol–water partition coefficient (Wildman–Crippen LogP) is 7.72. The van der Waals surface area contributed by atoms with Gasteiger partial charge in [0, 0.05) is 5.57 Å². The fourth-order valence-electron chi connectivity index (χ4n) is 10.2. The van der Waals surface area contributed by atoms with E-state index in [9.17, 15) is 14.7 Å². The monoisotopic (exact) mass is 605 g/mol. The van der Waals surface area contributed by atoms with Gasteiger partial charge < -0.3 is 19.9 Å². The van der Waals surface area contributed by atoms with Crippen molar-refractivity contribution >= 4 is 11.9 Å². The largest absolute Gasteiger partial charge is 0.497 e. The number of methoxy groups -OCH3 is 2. The maximum atomic E-state index is 13.1. The third-order valence-corrected chi connectivity index (χ3v) is 12.8. The SMILES string of the molecule is COC(=O)[C@@H](NC(=O)/C(C)=C/CC[C@@H](C)[C@H]1CCC2=C3CCC4[C@H](C)[C@@H](O)CC[C@]4(C)[C@H]3CC[C@@]21C)c1ccc(OC)cc1. The Labute approximate surface area is 265 Å². The van der Waals surface area contributed by atoms with Crippen molar-refractivity contribution < 1.29 is 24.2 Å². The summed E-state index contributed by atoms with van der Waals surface area (Å²) in [4.78, 5) is 25.6. The number of benzene rings is 1. The average Bonchev–Trinajstić information content (AvgIpc) is 3.38. The lowest BCUT2D eigenvalue weighted by molar-refractivity contribution is -0.144. The van der Waals surface area contributed by atoms with Gasteiger partial charge in [0.2, 0.25) is 5.91 Å². The highest BCUT2D eigenvalue weighted by Gasteiger charge is 2.57. The summed E-state index contributed by atoms with van der Waals surface area (Å²) in [5, 5.41) is 13.5. The molecule has 1 amide bonds. The Bertz CT molecular complexity index is 1280. The number of hydrogen-bond donors (Lipinski definition) is 2. The van der Waals surface area contributed by atoms with Crippen LogP contribution in [0.25, 0.3) is 0 Å². The van der Waals surface area contributed by atoms with Crippen LogP contribution in [0.1, 0.15) is 110 Å². The molecule has 1 aromatic carbocycles. The summed E-state index contributed by atoms with van der Waals surface area (Å²) in [6.07, 6.45) is 13.5. The molecular weight excluding hydrogens is 550 g/mol. The normalized spacial score (nSPS) is 34.7.